The van der Waals surface area contributed by atoms with Gasteiger partial charge in [-0.05, 0) is 44.1 Å². The van der Waals surface area contributed by atoms with Gasteiger partial charge in [-0.25, -0.2) is 0 Å². The molecule has 2 saturated heterocycles. The first-order chi connectivity index (χ1) is 15.0. The Morgan fingerprint density at radius 2 is 1.81 bits per heavy atom. The molecule has 3 aliphatic heterocycles. The van der Waals surface area contributed by atoms with E-state index in [0.717, 1.165) is 63.4 Å². The first kappa shape index (κ1) is 22.1. The molecule has 1 atom stereocenters. The Morgan fingerprint density at radius 3 is 2.58 bits per heavy atom. The minimum Gasteiger partial charge on any atom is -0.491 e. The van der Waals surface area contributed by atoms with Crippen LogP contribution < -0.4 is 4.74 Å². The number of benzene rings is 1. The monoisotopic (exact) mass is 428 g/mol. The molecule has 0 saturated carbocycles. The highest BCUT2D eigenvalue weighted by Crippen LogP contribution is 2.27. The largest absolute Gasteiger partial charge is 0.491 e. The molecule has 0 aromatic heterocycles. The maximum absolute atomic E-state index is 13.4. The van der Waals surface area contributed by atoms with Gasteiger partial charge in [-0.2, -0.15) is 0 Å². The van der Waals surface area contributed by atoms with Gasteiger partial charge < -0.3 is 14.5 Å². The summed E-state index contributed by atoms with van der Waals surface area (Å²) in [5.41, 5.74) is 2.33. The van der Waals surface area contributed by atoms with Crippen molar-refractivity contribution in [2.45, 2.75) is 51.7 Å². The van der Waals surface area contributed by atoms with E-state index in [4.69, 9.17) is 4.74 Å². The molecule has 7 heteroatoms. The molecule has 0 N–H and O–H groups in total. The fraction of sp³-hybridized carbons (Fsp3) is 0.667. The van der Waals surface area contributed by atoms with Crippen LogP contribution in [0.5, 0.6) is 5.75 Å². The zero-order valence-electron chi connectivity index (χ0n) is 19.0. The van der Waals surface area contributed by atoms with Crippen molar-refractivity contribution in [3.8, 4) is 5.75 Å². The van der Waals surface area contributed by atoms with Gasteiger partial charge >= 0.3 is 0 Å². The van der Waals surface area contributed by atoms with Crippen LogP contribution in [0, 0.1) is 0 Å². The lowest BCUT2D eigenvalue weighted by Gasteiger charge is -2.34. The van der Waals surface area contributed by atoms with E-state index in [9.17, 15) is 9.59 Å². The number of fused-ring (bicyclic) bond motifs is 1. The zero-order valence-corrected chi connectivity index (χ0v) is 19.0. The summed E-state index contributed by atoms with van der Waals surface area (Å²) < 4.78 is 5.99. The molecule has 0 bridgehead atoms. The number of nitrogens with zero attached hydrogens (tertiary/aromatic N) is 4. The molecule has 0 spiro atoms. The highest BCUT2D eigenvalue weighted by atomic mass is 16.5. The van der Waals surface area contributed by atoms with Crippen molar-refractivity contribution in [2.75, 3.05) is 52.9 Å². The number of carbonyl (C=O) groups is 2. The van der Waals surface area contributed by atoms with E-state index in [1.807, 2.05) is 9.80 Å². The molecular weight excluding hydrogens is 392 g/mol. The van der Waals surface area contributed by atoms with Gasteiger partial charge in [-0.3, -0.25) is 19.4 Å². The van der Waals surface area contributed by atoms with Gasteiger partial charge in [0.2, 0.25) is 11.8 Å². The summed E-state index contributed by atoms with van der Waals surface area (Å²) in [4.78, 5) is 33.4. The van der Waals surface area contributed by atoms with Gasteiger partial charge in [0.25, 0.3) is 0 Å². The second-order valence-corrected chi connectivity index (χ2v) is 9.18. The van der Waals surface area contributed by atoms with E-state index in [1.54, 1.807) is 6.92 Å². The molecule has 170 valence electrons. The van der Waals surface area contributed by atoms with Gasteiger partial charge in [-0.15, -0.1) is 0 Å². The molecule has 1 aromatic carbocycles. The van der Waals surface area contributed by atoms with Crippen molar-refractivity contribution < 1.29 is 14.3 Å². The van der Waals surface area contributed by atoms with E-state index in [2.05, 4.69) is 35.0 Å². The van der Waals surface area contributed by atoms with Crippen molar-refractivity contribution in [1.82, 2.24) is 19.6 Å². The van der Waals surface area contributed by atoms with Crippen LogP contribution in [-0.2, 0) is 22.7 Å². The van der Waals surface area contributed by atoms with E-state index in [-0.39, 0.29) is 17.9 Å². The smallest absolute Gasteiger partial charge is 0.240 e. The molecule has 7 nitrogen and oxygen atoms in total. The number of likely N-dealkylation sites (tertiary alicyclic amines) is 1. The van der Waals surface area contributed by atoms with Crippen LogP contribution in [0.25, 0.3) is 0 Å². The van der Waals surface area contributed by atoms with Gasteiger partial charge in [0.05, 0.1) is 12.6 Å². The van der Waals surface area contributed by atoms with E-state index >= 15 is 0 Å². The Hall–Kier alpha value is -2.12. The van der Waals surface area contributed by atoms with Crippen molar-refractivity contribution >= 4 is 11.8 Å². The van der Waals surface area contributed by atoms with Gasteiger partial charge in [0, 0.05) is 51.8 Å². The number of likely N-dealkylation sites (N-methyl/N-ethyl adjacent to an activating group) is 1. The minimum absolute atomic E-state index is 0.00944. The lowest BCUT2D eigenvalue weighted by molar-refractivity contribution is -0.137. The van der Waals surface area contributed by atoms with Crippen LogP contribution in [0.3, 0.4) is 0 Å². The number of hydrogen-bond donors (Lipinski definition) is 0. The molecule has 1 aromatic rings. The second-order valence-electron chi connectivity index (χ2n) is 9.18. The highest BCUT2D eigenvalue weighted by Gasteiger charge is 2.30. The third-order valence-electron chi connectivity index (χ3n) is 6.95. The van der Waals surface area contributed by atoms with Crippen molar-refractivity contribution in [3.63, 3.8) is 0 Å². The van der Waals surface area contributed by atoms with Gasteiger partial charge in [0.15, 0.2) is 0 Å². The lowest BCUT2D eigenvalue weighted by atomic mass is 10.1. The molecule has 0 radical (unpaired) electrons. The second kappa shape index (κ2) is 10.0. The summed E-state index contributed by atoms with van der Waals surface area (Å²) in [6.45, 7) is 8.67. The molecule has 2 fully saturated rings. The van der Waals surface area contributed by atoms with Crippen LogP contribution >= 0.6 is 0 Å². The summed E-state index contributed by atoms with van der Waals surface area (Å²) in [5.74, 6) is 1.30. The Kier molecular flexibility index (Phi) is 7.13. The van der Waals surface area contributed by atoms with E-state index in [0.29, 0.717) is 19.7 Å². The van der Waals surface area contributed by atoms with E-state index in [1.165, 1.54) is 18.4 Å². The Balaban J connectivity index is 1.42. The number of carbonyl (C=O) groups excluding carboxylic acids is 2. The normalized spacial score (nSPS) is 23.5. The minimum atomic E-state index is -0.00944. The molecule has 2 amide bonds. The highest BCUT2D eigenvalue weighted by molar-refractivity contribution is 5.82. The number of hydrogen-bond acceptors (Lipinski definition) is 5. The van der Waals surface area contributed by atoms with Crippen molar-refractivity contribution in [2.24, 2.45) is 0 Å². The number of ether oxygens (including phenoxy) is 1. The average Bonchev–Trinajstić information content (AvgIpc) is 3.11. The maximum Gasteiger partial charge on any atom is 0.240 e. The summed E-state index contributed by atoms with van der Waals surface area (Å²) in [7, 11) is 2.08. The van der Waals surface area contributed by atoms with E-state index < -0.39 is 0 Å². The number of amides is 2. The summed E-state index contributed by atoms with van der Waals surface area (Å²) in [5, 5.41) is 0. The lowest BCUT2D eigenvalue weighted by Crippen LogP contribution is -2.47. The standard InChI is InChI=1S/C24H36N4O3/c1-19(29)27-12-10-26(11-13-27)17-20-7-8-23-21(16-20)18-28(14-15-31-23)24(30)22-6-4-3-5-9-25(22)2/h7-8,16,22H,3-6,9-15,17-18H2,1-2H3. The Bertz CT molecular complexity index is 791. The SMILES string of the molecule is CC(=O)N1CCN(Cc2ccc3c(c2)CN(C(=O)C2CCCCCN2C)CCO3)CC1. The van der Waals surface area contributed by atoms with Crippen LogP contribution in [0.1, 0.15) is 43.7 Å². The zero-order chi connectivity index (χ0) is 21.8. The maximum atomic E-state index is 13.4. The van der Waals surface area contributed by atoms with Crippen LogP contribution in [0.15, 0.2) is 18.2 Å². The first-order valence-electron chi connectivity index (χ1n) is 11.7. The number of rotatable bonds is 3. The third kappa shape index (κ3) is 5.39. The fourth-order valence-electron chi connectivity index (χ4n) is 4.99. The molecule has 1 unspecified atom stereocenters. The molecular formula is C24H36N4O3. The predicted molar refractivity (Wildman–Crippen MR) is 120 cm³/mol. The van der Waals surface area contributed by atoms with Crippen molar-refractivity contribution in [1.29, 1.82) is 0 Å². The van der Waals surface area contributed by atoms with Crippen molar-refractivity contribution in [3.05, 3.63) is 29.3 Å². The molecule has 3 heterocycles. The van der Waals surface area contributed by atoms with Crippen LogP contribution in [0.2, 0.25) is 0 Å². The average molecular weight is 429 g/mol. The first-order valence-corrected chi connectivity index (χ1v) is 11.7. The number of piperazine rings is 1. The topological polar surface area (TPSA) is 56.3 Å². The van der Waals surface area contributed by atoms with Crippen LogP contribution in [0.4, 0.5) is 0 Å². The molecule has 3 aliphatic rings. The Morgan fingerprint density at radius 1 is 1.00 bits per heavy atom. The Labute approximate surface area is 185 Å². The molecule has 31 heavy (non-hydrogen) atoms. The van der Waals surface area contributed by atoms with Crippen LogP contribution in [-0.4, -0.2) is 90.4 Å². The summed E-state index contributed by atoms with van der Waals surface area (Å²) in [6.07, 6.45) is 4.47. The van der Waals surface area contributed by atoms with Gasteiger partial charge in [-0.1, -0.05) is 18.9 Å². The summed E-state index contributed by atoms with van der Waals surface area (Å²) in [6, 6.07) is 6.38. The predicted octanol–water partition coefficient (Wildman–Crippen LogP) is 1.95. The fourth-order valence-corrected chi connectivity index (χ4v) is 4.99. The third-order valence-corrected chi connectivity index (χ3v) is 6.95. The molecule has 0 aliphatic carbocycles. The quantitative estimate of drug-likeness (QED) is 0.737. The summed E-state index contributed by atoms with van der Waals surface area (Å²) >= 11 is 0. The molecule has 4 rings (SSSR count). The van der Waals surface area contributed by atoms with Gasteiger partial charge in [0.1, 0.15) is 12.4 Å².